The Labute approximate surface area is 116 Å². The highest BCUT2D eigenvalue weighted by molar-refractivity contribution is 9.10. The number of amides is 1. The molecule has 1 aromatic rings. The van der Waals surface area contributed by atoms with Crippen molar-refractivity contribution in [2.45, 2.75) is 18.0 Å². The van der Waals surface area contributed by atoms with E-state index in [0.717, 1.165) is 4.47 Å². The highest BCUT2D eigenvalue weighted by Gasteiger charge is 2.56. The second-order valence-corrected chi connectivity index (χ2v) is 6.21. The van der Waals surface area contributed by atoms with Gasteiger partial charge >= 0.3 is 0 Å². The van der Waals surface area contributed by atoms with Gasteiger partial charge in [-0.15, -0.1) is 0 Å². The van der Waals surface area contributed by atoms with Crippen molar-refractivity contribution in [1.29, 1.82) is 0 Å². The first-order chi connectivity index (χ1) is 8.43. The van der Waals surface area contributed by atoms with Crippen LogP contribution in [0.1, 0.15) is 12.5 Å². The lowest BCUT2D eigenvalue weighted by molar-refractivity contribution is -0.117. The number of rotatable bonds is 0. The number of fused-ring (bicyclic) bond motifs is 3. The average molecular weight is 328 g/mol. The van der Waals surface area contributed by atoms with E-state index in [4.69, 9.17) is 5.73 Å². The highest BCUT2D eigenvalue weighted by Crippen LogP contribution is 2.52. The van der Waals surface area contributed by atoms with Crippen LogP contribution in [0.4, 0.5) is 5.69 Å². The number of anilines is 1. The minimum Gasteiger partial charge on any atom is -0.378 e. The summed E-state index contributed by atoms with van der Waals surface area (Å²) in [5, 5.41) is 10.5. The van der Waals surface area contributed by atoms with Crippen LogP contribution >= 0.6 is 27.7 Å². The third-order valence-electron chi connectivity index (χ3n) is 3.05. The molecule has 94 valence electrons. The average Bonchev–Trinajstić information content (AvgIpc) is 2.67. The van der Waals surface area contributed by atoms with Crippen molar-refractivity contribution in [3.8, 4) is 0 Å². The maximum atomic E-state index is 11.8. The Morgan fingerprint density at radius 1 is 1.67 bits per heavy atom. The first-order valence-corrected chi connectivity index (χ1v) is 6.95. The topological polar surface area (TPSA) is 78.9 Å². The summed E-state index contributed by atoms with van der Waals surface area (Å²) in [6, 6.07) is 5.40. The molecule has 2 atom stereocenters. The number of amidine groups is 1. The molecule has 1 amide bonds. The number of thioether (sulfide) groups is 1. The summed E-state index contributed by atoms with van der Waals surface area (Å²) in [5.41, 5.74) is 5.51. The smallest absolute Gasteiger partial charge is 0.225 e. The van der Waals surface area contributed by atoms with Crippen LogP contribution in [-0.2, 0) is 10.5 Å². The molecule has 0 saturated carbocycles. The molecule has 0 radical (unpaired) electrons. The summed E-state index contributed by atoms with van der Waals surface area (Å²) in [4.78, 5) is 17.4. The van der Waals surface area contributed by atoms with E-state index in [1.54, 1.807) is 12.1 Å². The predicted molar refractivity (Wildman–Crippen MR) is 74.2 cm³/mol. The molecule has 0 aliphatic carbocycles. The third-order valence-corrected chi connectivity index (χ3v) is 4.63. The van der Waals surface area contributed by atoms with Gasteiger partial charge in [0.1, 0.15) is 5.37 Å². The molecule has 0 spiro atoms. The first kappa shape index (κ1) is 12.0. The van der Waals surface area contributed by atoms with Gasteiger partial charge in [-0.05, 0) is 18.2 Å². The Morgan fingerprint density at radius 2 is 2.39 bits per heavy atom. The molecule has 0 bridgehead atoms. The van der Waals surface area contributed by atoms with E-state index in [9.17, 15) is 9.90 Å². The minimum atomic E-state index is -1.44. The number of hydrogen-bond acceptors (Lipinski definition) is 5. The van der Waals surface area contributed by atoms with Gasteiger partial charge in [0.05, 0.1) is 5.69 Å². The van der Waals surface area contributed by atoms with Gasteiger partial charge < -0.3 is 10.8 Å². The Morgan fingerprint density at radius 3 is 3.06 bits per heavy atom. The van der Waals surface area contributed by atoms with E-state index in [0.29, 0.717) is 16.4 Å². The number of carbonyl (C=O) groups is 1. The molecule has 0 aromatic heterocycles. The van der Waals surface area contributed by atoms with Crippen LogP contribution in [0, 0.1) is 0 Å². The summed E-state index contributed by atoms with van der Waals surface area (Å²) in [5.74, 6) is -0.142. The molecule has 1 aromatic carbocycles. The molecule has 0 fully saturated rings. The lowest BCUT2D eigenvalue weighted by Gasteiger charge is -2.24. The van der Waals surface area contributed by atoms with Gasteiger partial charge in [0, 0.05) is 17.0 Å². The van der Waals surface area contributed by atoms with Crippen molar-refractivity contribution in [2.24, 2.45) is 10.7 Å². The van der Waals surface area contributed by atoms with Crippen molar-refractivity contribution < 1.29 is 9.90 Å². The molecule has 3 rings (SSSR count). The lowest BCUT2D eigenvalue weighted by atomic mass is 10.1. The summed E-state index contributed by atoms with van der Waals surface area (Å²) in [7, 11) is 0. The fourth-order valence-corrected chi connectivity index (χ4v) is 3.84. The molecule has 2 aliphatic rings. The van der Waals surface area contributed by atoms with Crippen LogP contribution < -0.4 is 10.6 Å². The monoisotopic (exact) mass is 327 g/mol. The molecule has 2 heterocycles. The van der Waals surface area contributed by atoms with Crippen LogP contribution in [-0.4, -0.2) is 21.6 Å². The van der Waals surface area contributed by atoms with Crippen molar-refractivity contribution in [2.75, 3.05) is 4.90 Å². The zero-order valence-corrected chi connectivity index (χ0v) is 11.8. The minimum absolute atomic E-state index is 0.142. The molecule has 2 aliphatic heterocycles. The zero-order valence-electron chi connectivity index (χ0n) is 9.42. The molecule has 5 nitrogen and oxygen atoms in total. The normalized spacial score (nSPS) is 28.9. The Bertz CT molecular complexity index is 592. The lowest BCUT2D eigenvalue weighted by Crippen LogP contribution is -2.41. The van der Waals surface area contributed by atoms with Crippen molar-refractivity contribution in [3.05, 3.63) is 28.2 Å². The molecular formula is C11H10BrN3O2S. The molecule has 3 N–H and O–H groups in total. The van der Waals surface area contributed by atoms with Crippen molar-refractivity contribution in [1.82, 2.24) is 0 Å². The van der Waals surface area contributed by atoms with E-state index in [-0.39, 0.29) is 5.91 Å². The third kappa shape index (κ3) is 1.44. The second kappa shape index (κ2) is 3.72. The molecule has 2 unspecified atom stereocenters. The number of nitrogens with two attached hydrogens (primary N) is 1. The van der Waals surface area contributed by atoms with Crippen LogP contribution in [0.2, 0.25) is 0 Å². The van der Waals surface area contributed by atoms with Gasteiger partial charge in [0.25, 0.3) is 0 Å². The number of halogens is 1. The van der Waals surface area contributed by atoms with Crippen molar-refractivity contribution in [3.63, 3.8) is 0 Å². The molecule has 7 heteroatoms. The SMILES string of the molecule is CC(=O)N1c2ccc(Br)cc2C2(O)N=C(N)SC12. The standard InChI is InChI=1S/C11H10BrN3O2S/c1-5(16)15-8-3-2-6(12)4-7(8)11(17)9(15)18-10(13)14-11/h2-4,9,17H,1H3,(H2,13,14). The van der Waals surface area contributed by atoms with Gasteiger partial charge in [-0.3, -0.25) is 9.69 Å². The van der Waals surface area contributed by atoms with Crippen LogP contribution in [0.25, 0.3) is 0 Å². The van der Waals surface area contributed by atoms with E-state index in [1.807, 2.05) is 6.07 Å². The van der Waals surface area contributed by atoms with Crippen LogP contribution in [0.3, 0.4) is 0 Å². The number of aliphatic hydroxyl groups is 1. The zero-order chi connectivity index (χ0) is 13.1. The Kier molecular flexibility index (Phi) is 2.48. The first-order valence-electron chi connectivity index (χ1n) is 5.27. The fourth-order valence-electron chi connectivity index (χ4n) is 2.35. The van der Waals surface area contributed by atoms with Gasteiger partial charge in [-0.2, -0.15) is 0 Å². The maximum absolute atomic E-state index is 11.8. The number of benzene rings is 1. The molecule has 0 saturated heterocycles. The van der Waals surface area contributed by atoms with Gasteiger partial charge in [0.15, 0.2) is 5.17 Å². The summed E-state index contributed by atoms with van der Waals surface area (Å²) < 4.78 is 0.824. The molecular weight excluding hydrogens is 318 g/mol. The molecule has 18 heavy (non-hydrogen) atoms. The quantitative estimate of drug-likeness (QED) is 0.753. The van der Waals surface area contributed by atoms with E-state index in [2.05, 4.69) is 20.9 Å². The fraction of sp³-hybridized carbons (Fsp3) is 0.273. The van der Waals surface area contributed by atoms with Crippen LogP contribution in [0.15, 0.2) is 27.7 Å². The number of nitrogens with zero attached hydrogens (tertiary/aromatic N) is 2. The van der Waals surface area contributed by atoms with E-state index in [1.165, 1.54) is 23.6 Å². The van der Waals surface area contributed by atoms with E-state index < -0.39 is 11.1 Å². The van der Waals surface area contributed by atoms with E-state index >= 15 is 0 Å². The van der Waals surface area contributed by atoms with Crippen LogP contribution in [0.5, 0.6) is 0 Å². The largest absolute Gasteiger partial charge is 0.378 e. The van der Waals surface area contributed by atoms with Gasteiger partial charge in [-0.1, -0.05) is 27.7 Å². The maximum Gasteiger partial charge on any atom is 0.225 e. The summed E-state index contributed by atoms with van der Waals surface area (Å²) in [6.45, 7) is 1.46. The number of aliphatic imine (C=N–C) groups is 1. The highest BCUT2D eigenvalue weighted by atomic mass is 79.9. The Hall–Kier alpha value is -1.05. The second-order valence-electron chi connectivity index (χ2n) is 4.20. The number of carbonyl (C=O) groups excluding carboxylic acids is 1. The summed E-state index contributed by atoms with van der Waals surface area (Å²) >= 11 is 4.56. The summed E-state index contributed by atoms with van der Waals surface area (Å²) in [6.07, 6.45) is 0. The Balaban J connectivity index is 2.25. The van der Waals surface area contributed by atoms with Gasteiger partial charge in [0.2, 0.25) is 11.6 Å². The predicted octanol–water partition coefficient (Wildman–Crippen LogP) is 1.35. The number of hydrogen-bond donors (Lipinski definition) is 2. The van der Waals surface area contributed by atoms with Gasteiger partial charge in [-0.25, -0.2) is 4.99 Å². The van der Waals surface area contributed by atoms with Crippen molar-refractivity contribution >= 4 is 44.5 Å².